The van der Waals surface area contributed by atoms with Crippen LogP contribution in [-0.2, 0) is 9.53 Å². The Morgan fingerprint density at radius 2 is 2.00 bits per heavy atom. The molecule has 23 heavy (non-hydrogen) atoms. The number of hydrogen-bond donors (Lipinski definition) is 0. The van der Waals surface area contributed by atoms with Crippen LogP contribution in [0, 0.1) is 17.8 Å². The zero-order valence-corrected chi connectivity index (χ0v) is 15.0. The molecule has 1 saturated carbocycles. The molecule has 0 unspecified atom stereocenters. The van der Waals surface area contributed by atoms with Crippen molar-refractivity contribution in [2.75, 3.05) is 6.54 Å². The van der Waals surface area contributed by atoms with E-state index in [2.05, 4.69) is 22.9 Å². The molecule has 1 spiro atoms. The third kappa shape index (κ3) is 1.62. The molecular weight excluding hydrogens is 358 g/mol. The highest BCUT2D eigenvalue weighted by molar-refractivity contribution is 9.09. The van der Waals surface area contributed by atoms with Crippen LogP contribution in [0.4, 0.5) is 4.79 Å². The average molecular weight is 380 g/mol. The maximum Gasteiger partial charge on any atom is 0.411 e. The van der Waals surface area contributed by atoms with Gasteiger partial charge < -0.3 is 9.64 Å². The van der Waals surface area contributed by atoms with E-state index in [0.29, 0.717) is 30.0 Å². The van der Waals surface area contributed by atoms with Gasteiger partial charge in [-0.2, -0.15) is 0 Å². The molecule has 2 heterocycles. The molecule has 2 saturated heterocycles. The van der Waals surface area contributed by atoms with E-state index in [0.717, 1.165) is 44.2 Å². The Bertz CT molecular complexity index is 644. The quantitative estimate of drug-likeness (QED) is 0.605. The molecule has 5 heteroatoms. The van der Waals surface area contributed by atoms with Gasteiger partial charge in [0.1, 0.15) is 0 Å². The Morgan fingerprint density at radius 3 is 2.83 bits per heavy atom. The fourth-order valence-electron chi connectivity index (χ4n) is 6.12. The summed E-state index contributed by atoms with van der Waals surface area (Å²) in [5, 5.41) is 0. The SMILES string of the molecule is C[C@@H]1CN2C(=O)O[C@@]34C5=C(CC[C@H]1[C@@H]52)C(=O)CC[C@H]3CC[C@@H]4Br. The fraction of sp³-hybridized carbons (Fsp3) is 0.778. The van der Waals surface area contributed by atoms with E-state index in [-0.39, 0.29) is 17.0 Å². The number of nitrogens with zero attached hydrogens (tertiary/aromatic N) is 1. The number of hydrogen-bond acceptors (Lipinski definition) is 3. The van der Waals surface area contributed by atoms with Gasteiger partial charge in [0, 0.05) is 30.0 Å². The van der Waals surface area contributed by atoms with Crippen molar-refractivity contribution in [2.24, 2.45) is 17.8 Å². The summed E-state index contributed by atoms with van der Waals surface area (Å²) in [6, 6.07) is 0.109. The predicted molar refractivity (Wildman–Crippen MR) is 88.3 cm³/mol. The number of carbonyl (C=O) groups excluding carboxylic acids is 2. The van der Waals surface area contributed by atoms with Crippen molar-refractivity contribution in [1.82, 2.24) is 4.90 Å². The summed E-state index contributed by atoms with van der Waals surface area (Å²) in [4.78, 5) is 27.7. The fourth-order valence-corrected chi connectivity index (χ4v) is 7.10. The minimum Gasteiger partial charge on any atom is -0.437 e. The van der Waals surface area contributed by atoms with Gasteiger partial charge >= 0.3 is 6.09 Å². The number of carbonyl (C=O) groups is 2. The van der Waals surface area contributed by atoms with Crippen molar-refractivity contribution in [3.05, 3.63) is 11.1 Å². The lowest BCUT2D eigenvalue weighted by molar-refractivity contribution is -0.116. The Kier molecular flexibility index (Phi) is 2.91. The lowest BCUT2D eigenvalue weighted by atomic mass is 9.68. The summed E-state index contributed by atoms with van der Waals surface area (Å²) in [6.07, 6.45) is 5.30. The number of alkyl halides is 1. The normalized spacial score (nSPS) is 48.1. The number of ether oxygens (including phenoxy) is 1. The maximum absolute atomic E-state index is 12.8. The second-order valence-electron chi connectivity index (χ2n) is 8.03. The monoisotopic (exact) mass is 379 g/mol. The number of amides is 1. The molecule has 5 aliphatic rings. The zero-order valence-electron chi connectivity index (χ0n) is 13.4. The van der Waals surface area contributed by atoms with E-state index in [1.165, 1.54) is 5.57 Å². The summed E-state index contributed by atoms with van der Waals surface area (Å²) in [7, 11) is 0. The molecule has 3 aliphatic carbocycles. The van der Waals surface area contributed by atoms with Gasteiger partial charge in [0.25, 0.3) is 0 Å². The van der Waals surface area contributed by atoms with Gasteiger partial charge in [0.2, 0.25) is 0 Å². The number of halogens is 1. The minimum absolute atomic E-state index is 0.109. The van der Waals surface area contributed by atoms with Gasteiger partial charge in [0.05, 0.1) is 10.9 Å². The van der Waals surface area contributed by atoms with Gasteiger partial charge in [-0.15, -0.1) is 0 Å². The maximum atomic E-state index is 12.8. The van der Waals surface area contributed by atoms with Crippen molar-refractivity contribution >= 4 is 27.8 Å². The molecule has 0 N–H and O–H groups in total. The molecule has 5 rings (SSSR count). The van der Waals surface area contributed by atoms with Crippen LogP contribution in [0.2, 0.25) is 0 Å². The second kappa shape index (κ2) is 4.62. The summed E-state index contributed by atoms with van der Waals surface area (Å²) in [6.45, 7) is 3.01. The van der Waals surface area contributed by atoms with Gasteiger partial charge in [-0.25, -0.2) is 4.79 Å². The Morgan fingerprint density at radius 1 is 1.17 bits per heavy atom. The Balaban J connectivity index is 1.77. The first-order valence-corrected chi connectivity index (χ1v) is 9.86. The molecule has 1 amide bonds. The molecule has 4 nitrogen and oxygen atoms in total. The number of ketones is 1. The minimum atomic E-state index is -0.553. The van der Waals surface area contributed by atoms with Crippen molar-refractivity contribution in [3.63, 3.8) is 0 Å². The molecule has 0 aromatic heterocycles. The zero-order chi connectivity index (χ0) is 15.9. The van der Waals surface area contributed by atoms with Gasteiger partial charge in [-0.1, -0.05) is 22.9 Å². The van der Waals surface area contributed by atoms with E-state index in [9.17, 15) is 9.59 Å². The first-order chi connectivity index (χ1) is 11.0. The van der Waals surface area contributed by atoms with Crippen molar-refractivity contribution in [1.29, 1.82) is 0 Å². The lowest BCUT2D eigenvalue weighted by Crippen LogP contribution is -2.61. The van der Waals surface area contributed by atoms with Gasteiger partial charge in [-0.05, 0) is 43.9 Å². The predicted octanol–water partition coefficient (Wildman–Crippen LogP) is 3.44. The first kappa shape index (κ1) is 14.5. The van der Waals surface area contributed by atoms with Crippen LogP contribution in [0.5, 0.6) is 0 Å². The second-order valence-corrected chi connectivity index (χ2v) is 9.14. The summed E-state index contributed by atoms with van der Waals surface area (Å²) in [5.41, 5.74) is 1.65. The van der Waals surface area contributed by atoms with E-state index < -0.39 is 5.60 Å². The number of Topliss-reactive ketones (excluding diaryl/α,β-unsaturated/α-hetero) is 1. The Hall–Kier alpha value is -0.840. The van der Waals surface area contributed by atoms with Crippen LogP contribution in [-0.4, -0.2) is 39.8 Å². The van der Waals surface area contributed by atoms with Gasteiger partial charge in [-0.3, -0.25) is 4.79 Å². The summed E-state index contributed by atoms with van der Waals surface area (Å²) < 4.78 is 6.19. The highest BCUT2D eigenvalue weighted by Crippen LogP contribution is 2.60. The van der Waals surface area contributed by atoms with Crippen molar-refractivity contribution in [3.8, 4) is 0 Å². The molecule has 0 aromatic carbocycles. The number of allylic oxidation sites excluding steroid dienone is 1. The smallest absolute Gasteiger partial charge is 0.411 e. The lowest BCUT2D eigenvalue weighted by Gasteiger charge is -2.51. The highest BCUT2D eigenvalue weighted by Gasteiger charge is 2.66. The average Bonchev–Trinajstić information content (AvgIpc) is 2.99. The van der Waals surface area contributed by atoms with E-state index >= 15 is 0 Å². The van der Waals surface area contributed by atoms with E-state index in [1.54, 1.807) is 0 Å². The van der Waals surface area contributed by atoms with Crippen LogP contribution in [0.3, 0.4) is 0 Å². The standard InChI is InChI=1S/C18H22BrNO3/c1-9-8-20-16-11(9)4-5-12-13(21)6-2-10-3-7-14(19)18(10,15(12)16)23-17(20)22/h9-11,14,16H,2-8H2,1H3/t9-,10+,11-,14+,16+,18+/m1/s1. The van der Waals surface area contributed by atoms with Crippen LogP contribution < -0.4 is 0 Å². The molecule has 2 aliphatic heterocycles. The molecule has 6 atom stereocenters. The molecule has 124 valence electrons. The molecule has 0 aromatic rings. The van der Waals surface area contributed by atoms with E-state index in [1.807, 2.05) is 4.90 Å². The van der Waals surface area contributed by atoms with E-state index in [4.69, 9.17) is 4.74 Å². The Labute approximate surface area is 144 Å². The third-order valence-electron chi connectivity index (χ3n) is 7.11. The van der Waals surface area contributed by atoms with Crippen LogP contribution in [0.15, 0.2) is 11.1 Å². The first-order valence-electron chi connectivity index (χ1n) is 8.94. The topological polar surface area (TPSA) is 46.6 Å². The number of rotatable bonds is 0. The van der Waals surface area contributed by atoms with Crippen molar-refractivity contribution < 1.29 is 14.3 Å². The van der Waals surface area contributed by atoms with Crippen LogP contribution in [0.1, 0.15) is 45.4 Å². The summed E-state index contributed by atoms with van der Waals surface area (Å²) in [5.74, 6) is 1.59. The van der Waals surface area contributed by atoms with Crippen LogP contribution >= 0.6 is 15.9 Å². The molecule has 3 fully saturated rings. The molecule has 0 bridgehead atoms. The molecular formula is C18H22BrNO3. The van der Waals surface area contributed by atoms with Crippen LogP contribution in [0.25, 0.3) is 0 Å². The highest BCUT2D eigenvalue weighted by atomic mass is 79.9. The molecule has 0 radical (unpaired) electrons. The largest absolute Gasteiger partial charge is 0.437 e. The third-order valence-corrected chi connectivity index (χ3v) is 8.25. The summed E-state index contributed by atoms with van der Waals surface area (Å²) >= 11 is 3.84. The van der Waals surface area contributed by atoms with Gasteiger partial charge in [0.15, 0.2) is 11.4 Å². The van der Waals surface area contributed by atoms with Crippen molar-refractivity contribution in [2.45, 2.75) is 61.9 Å².